The molecule has 0 saturated heterocycles. The SMILES string of the molecule is CCN(CC)C([S-])[S-].[Mo].[NH-]c1ccccc1[S-].[NH-]c1ccccc1[S-]. The maximum atomic E-state index is 7.12. The van der Waals surface area contributed by atoms with Crippen molar-refractivity contribution < 1.29 is 21.1 Å². The van der Waals surface area contributed by atoms with E-state index >= 15 is 0 Å². The summed E-state index contributed by atoms with van der Waals surface area (Å²) in [5.74, 6) is 0. The minimum atomic E-state index is -0.120. The van der Waals surface area contributed by atoms with Crippen molar-refractivity contribution in [3.8, 4) is 0 Å². The average molecular weight is 492 g/mol. The third-order valence-corrected chi connectivity index (χ3v) is 4.19. The van der Waals surface area contributed by atoms with Crippen LogP contribution in [0.3, 0.4) is 0 Å². The van der Waals surface area contributed by atoms with E-state index in [1.165, 1.54) is 0 Å². The van der Waals surface area contributed by atoms with Crippen molar-refractivity contribution in [2.24, 2.45) is 0 Å². The van der Waals surface area contributed by atoms with Gasteiger partial charge in [0.1, 0.15) is 0 Å². The Kier molecular flexibility index (Phi) is 17.4. The molecule has 140 valence electrons. The van der Waals surface area contributed by atoms with E-state index in [9.17, 15) is 0 Å². The molecule has 0 aliphatic rings. The van der Waals surface area contributed by atoms with Crippen LogP contribution in [0.2, 0.25) is 0 Å². The molecule has 0 aliphatic carbocycles. The fraction of sp³-hybridized carbons (Fsp3) is 0.294. The van der Waals surface area contributed by atoms with E-state index in [1.54, 1.807) is 36.4 Å². The van der Waals surface area contributed by atoms with Gasteiger partial charge in [0.05, 0.1) is 0 Å². The molecule has 0 bridgehead atoms. The Labute approximate surface area is 188 Å². The van der Waals surface area contributed by atoms with Crippen LogP contribution in [-0.2, 0) is 71.6 Å². The van der Waals surface area contributed by atoms with Crippen LogP contribution in [0.5, 0.6) is 0 Å². The quantitative estimate of drug-likeness (QED) is 0.433. The number of hydrogen-bond donors (Lipinski definition) is 0. The van der Waals surface area contributed by atoms with Crippen molar-refractivity contribution >= 4 is 61.9 Å². The molecule has 0 aromatic heterocycles. The summed E-state index contributed by atoms with van der Waals surface area (Å²) in [6.45, 7) is 6.06. The van der Waals surface area contributed by atoms with Crippen molar-refractivity contribution in [2.75, 3.05) is 13.1 Å². The number of nitrogens with zero attached hydrogens (tertiary/aromatic N) is 1. The van der Waals surface area contributed by atoms with E-state index < -0.39 is 0 Å². The molecule has 0 saturated carbocycles. The van der Waals surface area contributed by atoms with Crippen LogP contribution in [0.15, 0.2) is 58.3 Å². The van der Waals surface area contributed by atoms with Crippen molar-refractivity contribution in [2.45, 2.75) is 28.3 Å². The maximum Gasteiger partial charge on any atom is 0 e. The standard InChI is InChI=1S/2C6H6NS.C5H13NS2.Mo/c2*7-5-3-1-2-4-6(5)8;1-3-6(4-2)5(7)8;/h2*1-4,7-8H;5,7-8H,3-4H2,1-2H3;/q2*-1;;/p-4. The van der Waals surface area contributed by atoms with Gasteiger partial charge in [-0.1, -0.05) is 62.4 Å². The molecule has 0 heterocycles. The van der Waals surface area contributed by atoms with Gasteiger partial charge in [-0.2, -0.15) is 21.2 Å². The largest absolute Gasteiger partial charge is 0.800 e. The predicted molar refractivity (Wildman–Crippen MR) is 114 cm³/mol. The second-order valence-corrected chi connectivity index (χ2v) is 6.59. The second-order valence-electron chi connectivity index (χ2n) is 4.52. The molecule has 3 nitrogen and oxygen atoms in total. The molecule has 2 aromatic rings. The number of rotatable bonds is 3. The summed E-state index contributed by atoms with van der Waals surface area (Å²) < 4.78 is -0.120. The van der Waals surface area contributed by atoms with Crippen molar-refractivity contribution in [1.29, 1.82) is 0 Å². The minimum absolute atomic E-state index is 0. The van der Waals surface area contributed by atoms with Gasteiger partial charge >= 0.3 is 0 Å². The molecular weight excluding hydrogens is 470 g/mol. The first-order valence-electron chi connectivity index (χ1n) is 7.34. The van der Waals surface area contributed by atoms with Crippen LogP contribution < -0.4 is 0 Å². The van der Waals surface area contributed by atoms with Gasteiger partial charge in [-0.05, 0) is 13.1 Å². The third-order valence-electron chi connectivity index (χ3n) is 2.88. The molecule has 0 unspecified atom stereocenters. The number of hydrogen-bond acceptors (Lipinski definition) is 5. The fourth-order valence-electron chi connectivity index (χ4n) is 1.46. The first-order valence-corrected chi connectivity index (χ1v) is 9.10. The Hall–Kier alpha value is -0.172. The molecular formula is C17H21MoN3S4-6. The summed E-state index contributed by atoms with van der Waals surface area (Å²) in [4.78, 5) is 3.28. The van der Waals surface area contributed by atoms with Gasteiger partial charge in [-0.25, -0.2) is 4.71 Å². The molecule has 0 radical (unpaired) electrons. The second kappa shape index (κ2) is 16.0. The summed E-state index contributed by atoms with van der Waals surface area (Å²) in [6.07, 6.45) is 0. The summed E-state index contributed by atoms with van der Waals surface area (Å²) in [6, 6.07) is 14.1. The Morgan fingerprint density at radius 1 is 0.800 bits per heavy atom. The number of benzene rings is 2. The minimum Gasteiger partial charge on any atom is -0.800 e. The Morgan fingerprint density at radius 3 is 1.24 bits per heavy atom. The first-order chi connectivity index (χ1) is 11.3. The predicted octanol–water partition coefficient (Wildman–Crippen LogP) is 5.26. The van der Waals surface area contributed by atoms with Crippen LogP contribution in [0.25, 0.3) is 11.5 Å². The van der Waals surface area contributed by atoms with Crippen molar-refractivity contribution in [3.05, 3.63) is 60.0 Å². The normalized spacial score (nSPS) is 9.36. The van der Waals surface area contributed by atoms with Gasteiger partial charge in [-0.15, -0.1) is 0 Å². The zero-order chi connectivity index (χ0) is 18.5. The van der Waals surface area contributed by atoms with E-state index in [-0.39, 0.29) is 25.8 Å². The van der Waals surface area contributed by atoms with Crippen molar-refractivity contribution in [3.63, 3.8) is 0 Å². The van der Waals surface area contributed by atoms with E-state index in [4.69, 9.17) is 62.0 Å². The monoisotopic (exact) mass is 493 g/mol. The van der Waals surface area contributed by atoms with Crippen molar-refractivity contribution in [1.82, 2.24) is 4.90 Å². The molecule has 0 fully saturated rings. The summed E-state index contributed by atoms with van der Waals surface area (Å²) in [7, 11) is 0. The molecule has 2 N–H and O–H groups in total. The Morgan fingerprint density at radius 2 is 1.12 bits per heavy atom. The van der Waals surface area contributed by atoms with Gasteiger partial charge in [0.2, 0.25) is 0 Å². The molecule has 2 aromatic carbocycles. The Balaban J connectivity index is 0. The number of nitrogens with one attached hydrogen (secondary N) is 2. The molecule has 0 atom stereocenters. The van der Waals surface area contributed by atoms with Gasteiger partial charge in [0.15, 0.2) is 0 Å². The van der Waals surface area contributed by atoms with E-state index in [0.29, 0.717) is 21.2 Å². The maximum absolute atomic E-state index is 7.12. The first kappa shape index (κ1) is 27.1. The molecule has 0 amide bonds. The zero-order valence-electron chi connectivity index (χ0n) is 14.1. The van der Waals surface area contributed by atoms with E-state index in [2.05, 4.69) is 13.8 Å². The van der Waals surface area contributed by atoms with Crippen LogP contribution in [0, 0.1) is 0 Å². The van der Waals surface area contributed by atoms with Crippen LogP contribution in [-0.4, -0.2) is 22.7 Å². The molecule has 2 rings (SSSR count). The molecule has 0 aliphatic heterocycles. The van der Waals surface area contributed by atoms with Crippen LogP contribution in [0.4, 0.5) is 11.4 Å². The van der Waals surface area contributed by atoms with E-state index in [1.807, 2.05) is 17.0 Å². The summed E-state index contributed by atoms with van der Waals surface area (Å²) in [5.41, 5.74) is 15.1. The molecule has 25 heavy (non-hydrogen) atoms. The molecule has 8 heteroatoms. The average Bonchev–Trinajstić information content (AvgIpc) is 2.55. The third kappa shape index (κ3) is 12.8. The summed E-state index contributed by atoms with van der Waals surface area (Å²) in [5, 5.41) is 0. The topological polar surface area (TPSA) is 50.8 Å². The van der Waals surface area contributed by atoms with Gasteiger partial charge in [-0.3, -0.25) is 0 Å². The molecule has 0 spiro atoms. The van der Waals surface area contributed by atoms with E-state index in [0.717, 1.165) is 13.1 Å². The van der Waals surface area contributed by atoms with Gasteiger partial charge in [0.25, 0.3) is 0 Å². The van der Waals surface area contributed by atoms with Gasteiger partial charge in [0, 0.05) is 21.1 Å². The van der Waals surface area contributed by atoms with Crippen LogP contribution in [0.1, 0.15) is 13.8 Å². The Bertz CT molecular complexity index is 496. The summed E-state index contributed by atoms with van der Waals surface area (Å²) >= 11 is 19.2. The zero-order valence-corrected chi connectivity index (χ0v) is 19.4. The van der Waals surface area contributed by atoms with Crippen LogP contribution >= 0.6 is 0 Å². The fourth-order valence-corrected chi connectivity index (χ4v) is 2.34. The smallest absolute Gasteiger partial charge is 0 e. The van der Waals surface area contributed by atoms with Gasteiger partial charge < -0.3 is 66.9 Å².